The van der Waals surface area contributed by atoms with Gasteiger partial charge < -0.3 is 5.32 Å². The van der Waals surface area contributed by atoms with Crippen molar-refractivity contribution in [3.63, 3.8) is 0 Å². The average Bonchev–Trinajstić information content (AvgIpc) is 2.48. The predicted octanol–water partition coefficient (Wildman–Crippen LogP) is 2.37. The molecule has 1 amide bonds. The largest absolute Gasteiger partial charge is 0.353 e. The van der Waals surface area contributed by atoms with Crippen molar-refractivity contribution in [2.24, 2.45) is 17.8 Å². The first kappa shape index (κ1) is 16.3. The zero-order valence-corrected chi connectivity index (χ0v) is 14.3. The van der Waals surface area contributed by atoms with E-state index in [1.54, 1.807) is 12.1 Å². The smallest absolute Gasteiger partial charge is 0.235 e. The van der Waals surface area contributed by atoms with Crippen molar-refractivity contribution in [1.29, 1.82) is 0 Å². The van der Waals surface area contributed by atoms with Crippen LogP contribution in [0.25, 0.3) is 0 Å². The van der Waals surface area contributed by atoms with E-state index >= 15 is 0 Å². The Labute approximate surface area is 137 Å². The third-order valence-electron chi connectivity index (χ3n) is 5.28. The summed E-state index contributed by atoms with van der Waals surface area (Å²) < 4.78 is 28.2. The minimum atomic E-state index is -3.42. The number of nitrogens with one attached hydrogen (secondary N) is 2. The summed E-state index contributed by atoms with van der Waals surface area (Å²) in [4.78, 5) is 11.8. The van der Waals surface area contributed by atoms with Crippen LogP contribution in [0, 0.1) is 17.8 Å². The molecular formula is C17H24N2O3S. The number of sulfonamides is 1. The number of carbonyl (C=O) groups excluding carboxylic acids is 1. The zero-order valence-electron chi connectivity index (χ0n) is 13.5. The summed E-state index contributed by atoms with van der Waals surface area (Å²) in [6, 6.07) is 9.12. The number of piperidine rings is 1. The third kappa shape index (κ3) is 3.37. The Morgan fingerprint density at radius 1 is 1.09 bits per heavy atom. The van der Waals surface area contributed by atoms with E-state index in [4.69, 9.17) is 0 Å². The van der Waals surface area contributed by atoms with Crippen LogP contribution < -0.4 is 10.0 Å². The van der Waals surface area contributed by atoms with E-state index in [0.717, 1.165) is 0 Å². The van der Waals surface area contributed by atoms with Gasteiger partial charge in [0, 0.05) is 18.2 Å². The molecule has 5 nitrogen and oxygen atoms in total. The highest BCUT2D eigenvalue weighted by Gasteiger charge is 2.45. The molecule has 3 rings (SSSR count). The number of benzene rings is 1. The Balaban J connectivity index is 1.77. The van der Waals surface area contributed by atoms with E-state index in [1.807, 2.05) is 25.1 Å². The highest BCUT2D eigenvalue weighted by molar-refractivity contribution is 7.93. The molecule has 1 heterocycles. The van der Waals surface area contributed by atoms with Crippen molar-refractivity contribution in [1.82, 2.24) is 5.32 Å². The maximum absolute atomic E-state index is 12.7. The van der Waals surface area contributed by atoms with E-state index < -0.39 is 15.3 Å². The van der Waals surface area contributed by atoms with Gasteiger partial charge in [-0.1, -0.05) is 32.0 Å². The van der Waals surface area contributed by atoms with Crippen LogP contribution in [0.5, 0.6) is 0 Å². The molecule has 23 heavy (non-hydrogen) atoms. The molecule has 1 saturated carbocycles. The summed E-state index contributed by atoms with van der Waals surface area (Å²) in [6.07, 6.45) is 1.68. The SMILES string of the molecule is CC1CC(=O)NC2C(C)CC(S(=O)(=O)Nc3ccccc3)CC12. The van der Waals surface area contributed by atoms with Gasteiger partial charge in [0.05, 0.1) is 5.25 Å². The van der Waals surface area contributed by atoms with Crippen LogP contribution in [0.4, 0.5) is 5.69 Å². The van der Waals surface area contributed by atoms with Crippen molar-refractivity contribution in [3.8, 4) is 0 Å². The van der Waals surface area contributed by atoms with Gasteiger partial charge >= 0.3 is 0 Å². The Morgan fingerprint density at radius 3 is 2.48 bits per heavy atom. The quantitative estimate of drug-likeness (QED) is 0.890. The lowest BCUT2D eigenvalue weighted by atomic mass is 9.69. The van der Waals surface area contributed by atoms with E-state index in [-0.39, 0.29) is 29.7 Å². The number of rotatable bonds is 3. The topological polar surface area (TPSA) is 75.3 Å². The number of carbonyl (C=O) groups is 1. The van der Waals surface area contributed by atoms with Crippen LogP contribution in [0.3, 0.4) is 0 Å². The van der Waals surface area contributed by atoms with Crippen LogP contribution in [0.15, 0.2) is 30.3 Å². The highest BCUT2D eigenvalue weighted by atomic mass is 32.2. The summed E-state index contributed by atoms with van der Waals surface area (Å²) in [7, 11) is -3.42. The minimum absolute atomic E-state index is 0.0920. The van der Waals surface area contributed by atoms with Crippen LogP contribution in [0.1, 0.15) is 33.1 Å². The zero-order chi connectivity index (χ0) is 16.6. The molecule has 2 aliphatic rings. The van der Waals surface area contributed by atoms with Gasteiger partial charge in [-0.15, -0.1) is 0 Å². The second-order valence-electron chi connectivity index (χ2n) is 7.02. The lowest BCUT2D eigenvalue weighted by Gasteiger charge is -2.46. The van der Waals surface area contributed by atoms with E-state index in [1.165, 1.54) is 0 Å². The van der Waals surface area contributed by atoms with Gasteiger partial charge in [-0.2, -0.15) is 0 Å². The number of amides is 1. The first-order valence-electron chi connectivity index (χ1n) is 8.23. The summed E-state index contributed by atoms with van der Waals surface area (Å²) in [5, 5.41) is 2.66. The Bertz CT molecular complexity index is 674. The Hall–Kier alpha value is -1.56. The third-order valence-corrected chi connectivity index (χ3v) is 7.07. The van der Waals surface area contributed by atoms with Crippen LogP contribution >= 0.6 is 0 Å². The number of fused-ring (bicyclic) bond motifs is 1. The highest BCUT2D eigenvalue weighted by Crippen LogP contribution is 2.40. The molecule has 5 unspecified atom stereocenters. The van der Waals surface area contributed by atoms with Gasteiger partial charge in [0.15, 0.2) is 0 Å². The van der Waals surface area contributed by atoms with Gasteiger partial charge in [-0.3, -0.25) is 9.52 Å². The van der Waals surface area contributed by atoms with Crippen molar-refractivity contribution in [2.75, 3.05) is 4.72 Å². The Kier molecular flexibility index (Phi) is 4.36. The number of para-hydroxylation sites is 1. The lowest BCUT2D eigenvalue weighted by molar-refractivity contribution is -0.127. The number of anilines is 1. The molecule has 1 aromatic rings. The maximum atomic E-state index is 12.7. The molecule has 0 bridgehead atoms. The molecule has 0 aromatic heterocycles. The van der Waals surface area contributed by atoms with Gasteiger partial charge in [0.25, 0.3) is 0 Å². The fraction of sp³-hybridized carbons (Fsp3) is 0.588. The normalized spacial score (nSPS) is 34.3. The molecule has 6 heteroatoms. The molecule has 1 saturated heterocycles. The van der Waals surface area contributed by atoms with E-state index in [2.05, 4.69) is 17.0 Å². The summed E-state index contributed by atoms with van der Waals surface area (Å²) in [6.45, 7) is 4.10. The monoisotopic (exact) mass is 336 g/mol. The van der Waals surface area contributed by atoms with Gasteiger partial charge in [-0.25, -0.2) is 8.42 Å². The molecule has 2 fully saturated rings. The van der Waals surface area contributed by atoms with Crippen molar-refractivity contribution in [2.45, 2.75) is 44.4 Å². The van der Waals surface area contributed by atoms with Crippen molar-refractivity contribution < 1.29 is 13.2 Å². The van der Waals surface area contributed by atoms with Crippen LogP contribution in [-0.4, -0.2) is 25.6 Å². The molecule has 5 atom stereocenters. The van der Waals surface area contributed by atoms with E-state index in [0.29, 0.717) is 24.9 Å². The van der Waals surface area contributed by atoms with Gasteiger partial charge in [0.2, 0.25) is 15.9 Å². The Morgan fingerprint density at radius 2 is 1.78 bits per heavy atom. The summed E-state index contributed by atoms with van der Waals surface area (Å²) in [5.74, 6) is 0.715. The standard InChI is InChI=1S/C17H24N2O3S/c1-11-9-16(20)18-17-12(2)8-14(10-15(11)17)23(21,22)19-13-6-4-3-5-7-13/h3-7,11-12,14-15,17,19H,8-10H2,1-2H3,(H,18,20). The number of hydrogen-bond acceptors (Lipinski definition) is 3. The van der Waals surface area contributed by atoms with E-state index in [9.17, 15) is 13.2 Å². The fourth-order valence-electron chi connectivity index (χ4n) is 4.06. The molecule has 1 aliphatic heterocycles. The van der Waals surface area contributed by atoms with Crippen LogP contribution in [-0.2, 0) is 14.8 Å². The van der Waals surface area contributed by atoms with Gasteiger partial charge in [-0.05, 0) is 42.7 Å². The molecule has 0 spiro atoms. The molecule has 1 aliphatic carbocycles. The predicted molar refractivity (Wildman–Crippen MR) is 90.4 cm³/mol. The van der Waals surface area contributed by atoms with Gasteiger partial charge in [0.1, 0.15) is 0 Å². The first-order chi connectivity index (χ1) is 10.9. The first-order valence-corrected chi connectivity index (χ1v) is 9.77. The fourth-order valence-corrected chi connectivity index (χ4v) is 5.72. The van der Waals surface area contributed by atoms with Crippen LogP contribution in [0.2, 0.25) is 0 Å². The number of hydrogen-bond donors (Lipinski definition) is 2. The van der Waals surface area contributed by atoms with Crippen molar-refractivity contribution in [3.05, 3.63) is 30.3 Å². The minimum Gasteiger partial charge on any atom is -0.353 e. The average molecular weight is 336 g/mol. The second kappa shape index (κ2) is 6.15. The molecular weight excluding hydrogens is 312 g/mol. The molecule has 1 aromatic carbocycles. The summed E-state index contributed by atoms with van der Waals surface area (Å²) in [5.41, 5.74) is 0.604. The molecule has 0 radical (unpaired) electrons. The second-order valence-corrected chi connectivity index (χ2v) is 8.98. The lowest BCUT2D eigenvalue weighted by Crippen LogP contribution is -2.56. The maximum Gasteiger partial charge on any atom is 0.235 e. The molecule has 126 valence electrons. The van der Waals surface area contributed by atoms with Crippen molar-refractivity contribution >= 4 is 21.6 Å². The molecule has 2 N–H and O–H groups in total. The summed E-state index contributed by atoms with van der Waals surface area (Å²) >= 11 is 0.